The van der Waals surface area contributed by atoms with Crippen LogP contribution in [0.25, 0.3) is 10.9 Å². The summed E-state index contributed by atoms with van der Waals surface area (Å²) in [5, 5.41) is 3.86. The molecule has 0 aliphatic carbocycles. The van der Waals surface area contributed by atoms with Crippen LogP contribution in [0.4, 0.5) is 10.1 Å². The van der Waals surface area contributed by atoms with Gasteiger partial charge in [0.05, 0.1) is 16.7 Å². The summed E-state index contributed by atoms with van der Waals surface area (Å²) in [7, 11) is 0. The maximum Gasteiger partial charge on any atom is 0.262 e. The second kappa shape index (κ2) is 8.56. The summed E-state index contributed by atoms with van der Waals surface area (Å²) in [5.74, 6) is -0.225. The third-order valence-corrected chi connectivity index (χ3v) is 5.15. The zero-order valence-electron chi connectivity index (χ0n) is 16.0. The van der Waals surface area contributed by atoms with Crippen molar-refractivity contribution < 1.29 is 9.18 Å². The smallest absolute Gasteiger partial charge is 0.262 e. The van der Waals surface area contributed by atoms with Gasteiger partial charge in [-0.1, -0.05) is 37.7 Å². The number of aryl methyl sites for hydroxylation is 1. The minimum atomic E-state index is -0.344. The Morgan fingerprint density at radius 2 is 2.00 bits per heavy atom. The number of hydrogen-bond donors (Lipinski definition) is 1. The van der Waals surface area contributed by atoms with Gasteiger partial charge in [-0.15, -0.1) is 0 Å². The molecule has 0 aliphatic rings. The van der Waals surface area contributed by atoms with Crippen LogP contribution in [0.1, 0.15) is 19.4 Å². The lowest BCUT2D eigenvalue weighted by atomic mass is 10.2. The Balaban J connectivity index is 1.82. The first-order valence-electron chi connectivity index (χ1n) is 9.03. The fraction of sp³-hybridized carbons (Fsp3) is 0.286. The predicted octanol–water partition coefficient (Wildman–Crippen LogP) is 4.23. The number of nitrogens with zero attached hydrogens (tertiary/aromatic N) is 2. The summed E-state index contributed by atoms with van der Waals surface area (Å²) in [6.07, 6.45) is 0. The van der Waals surface area contributed by atoms with E-state index in [4.69, 9.17) is 0 Å². The molecule has 1 N–H and O–H groups in total. The number of rotatable bonds is 6. The maximum absolute atomic E-state index is 13.2. The molecule has 3 aromatic rings. The number of benzene rings is 2. The molecule has 0 fully saturated rings. The highest BCUT2D eigenvalue weighted by molar-refractivity contribution is 7.99. The predicted molar refractivity (Wildman–Crippen MR) is 111 cm³/mol. The van der Waals surface area contributed by atoms with Gasteiger partial charge >= 0.3 is 0 Å². The van der Waals surface area contributed by atoms with E-state index in [0.29, 0.717) is 33.9 Å². The molecule has 1 aromatic heterocycles. The number of thioether (sulfide) groups is 1. The van der Waals surface area contributed by atoms with Crippen molar-refractivity contribution in [2.24, 2.45) is 5.92 Å². The zero-order valence-corrected chi connectivity index (χ0v) is 16.8. The molecule has 0 aliphatic heterocycles. The van der Waals surface area contributed by atoms with Crippen LogP contribution in [-0.2, 0) is 11.3 Å². The first kappa shape index (κ1) is 20.1. The largest absolute Gasteiger partial charge is 0.325 e. The molecule has 0 unspecified atom stereocenters. The van der Waals surface area contributed by atoms with Gasteiger partial charge in [-0.3, -0.25) is 14.2 Å². The van der Waals surface area contributed by atoms with Crippen LogP contribution in [0.2, 0.25) is 0 Å². The Labute approximate surface area is 167 Å². The number of aromatic nitrogens is 2. The Bertz CT molecular complexity index is 1080. The number of para-hydroxylation sites is 1. The van der Waals surface area contributed by atoms with Gasteiger partial charge in [0, 0.05) is 12.2 Å². The van der Waals surface area contributed by atoms with E-state index < -0.39 is 0 Å². The topological polar surface area (TPSA) is 64.0 Å². The highest BCUT2D eigenvalue weighted by atomic mass is 32.2. The fourth-order valence-corrected chi connectivity index (χ4v) is 3.68. The Kier molecular flexibility index (Phi) is 6.14. The van der Waals surface area contributed by atoms with Crippen LogP contribution in [0.5, 0.6) is 0 Å². The van der Waals surface area contributed by atoms with Crippen molar-refractivity contribution in [2.75, 3.05) is 11.1 Å². The van der Waals surface area contributed by atoms with Crippen LogP contribution < -0.4 is 10.9 Å². The van der Waals surface area contributed by atoms with Crippen molar-refractivity contribution in [3.05, 3.63) is 64.2 Å². The number of hydrogen-bond acceptors (Lipinski definition) is 4. The quantitative estimate of drug-likeness (QED) is 0.498. The summed E-state index contributed by atoms with van der Waals surface area (Å²) < 4.78 is 14.8. The van der Waals surface area contributed by atoms with Gasteiger partial charge in [-0.05, 0) is 48.7 Å². The monoisotopic (exact) mass is 399 g/mol. The number of carbonyl (C=O) groups is 1. The number of nitrogens with one attached hydrogen (secondary N) is 1. The fourth-order valence-electron chi connectivity index (χ4n) is 2.87. The minimum Gasteiger partial charge on any atom is -0.325 e. The molecule has 5 nitrogen and oxygen atoms in total. The van der Waals surface area contributed by atoms with E-state index in [9.17, 15) is 14.0 Å². The standard InChI is InChI=1S/C21H22FN3O2S/c1-13(2)11-25-20(27)16-6-4-5-7-18(16)24-21(25)28-12-19(26)23-17-9-8-15(22)10-14(17)3/h4-10,13H,11-12H2,1-3H3,(H,23,26). The lowest BCUT2D eigenvalue weighted by Gasteiger charge is -2.15. The number of halogens is 1. The second-order valence-corrected chi connectivity index (χ2v) is 7.96. The molecular weight excluding hydrogens is 377 g/mol. The molecule has 0 bridgehead atoms. The molecule has 1 amide bonds. The summed E-state index contributed by atoms with van der Waals surface area (Å²) in [5.41, 5.74) is 1.73. The number of carbonyl (C=O) groups excluding carboxylic acids is 1. The van der Waals surface area contributed by atoms with Gasteiger partial charge < -0.3 is 5.32 Å². The average Bonchev–Trinajstić information content (AvgIpc) is 2.65. The van der Waals surface area contributed by atoms with Crippen LogP contribution >= 0.6 is 11.8 Å². The van der Waals surface area contributed by atoms with Gasteiger partial charge in [0.1, 0.15) is 5.82 Å². The molecule has 0 radical (unpaired) electrons. The van der Waals surface area contributed by atoms with Crippen molar-refractivity contribution in [2.45, 2.75) is 32.5 Å². The van der Waals surface area contributed by atoms with Crippen LogP contribution in [0.15, 0.2) is 52.4 Å². The van der Waals surface area contributed by atoms with E-state index in [1.807, 2.05) is 26.0 Å². The Morgan fingerprint density at radius 3 is 2.71 bits per heavy atom. The van der Waals surface area contributed by atoms with Crippen molar-refractivity contribution in [1.29, 1.82) is 0 Å². The molecule has 0 spiro atoms. The summed E-state index contributed by atoms with van der Waals surface area (Å²) >= 11 is 1.22. The van der Waals surface area contributed by atoms with E-state index in [1.165, 1.54) is 30.0 Å². The van der Waals surface area contributed by atoms with E-state index in [2.05, 4.69) is 10.3 Å². The Hall–Kier alpha value is -2.67. The van der Waals surface area contributed by atoms with Gasteiger partial charge in [0.2, 0.25) is 5.91 Å². The van der Waals surface area contributed by atoms with E-state index in [1.54, 1.807) is 23.6 Å². The van der Waals surface area contributed by atoms with Gasteiger partial charge in [0.15, 0.2) is 5.16 Å². The molecule has 7 heteroatoms. The molecule has 0 saturated carbocycles. The van der Waals surface area contributed by atoms with E-state index in [0.717, 1.165) is 0 Å². The lowest BCUT2D eigenvalue weighted by Crippen LogP contribution is -2.26. The SMILES string of the molecule is Cc1cc(F)ccc1NC(=O)CSc1nc2ccccc2c(=O)n1CC(C)C. The highest BCUT2D eigenvalue weighted by Gasteiger charge is 2.14. The van der Waals surface area contributed by atoms with E-state index in [-0.39, 0.29) is 29.0 Å². The van der Waals surface area contributed by atoms with Gasteiger partial charge in [0.25, 0.3) is 5.56 Å². The summed E-state index contributed by atoms with van der Waals surface area (Å²) in [6, 6.07) is 11.4. The van der Waals surface area contributed by atoms with Crippen LogP contribution in [-0.4, -0.2) is 21.2 Å². The minimum absolute atomic E-state index is 0.0969. The van der Waals surface area contributed by atoms with Crippen LogP contribution in [0.3, 0.4) is 0 Å². The third-order valence-electron chi connectivity index (χ3n) is 4.17. The molecule has 2 aromatic carbocycles. The number of anilines is 1. The number of amides is 1. The van der Waals surface area contributed by atoms with Crippen molar-refractivity contribution in [3.63, 3.8) is 0 Å². The normalized spacial score (nSPS) is 11.2. The molecule has 3 rings (SSSR count). The molecule has 28 heavy (non-hydrogen) atoms. The maximum atomic E-state index is 13.2. The molecule has 0 saturated heterocycles. The summed E-state index contributed by atoms with van der Waals surface area (Å²) in [6.45, 7) is 6.31. The van der Waals surface area contributed by atoms with E-state index >= 15 is 0 Å². The molecule has 1 heterocycles. The molecular formula is C21H22FN3O2S. The zero-order chi connectivity index (χ0) is 20.3. The van der Waals surface area contributed by atoms with Crippen molar-refractivity contribution in [1.82, 2.24) is 9.55 Å². The van der Waals surface area contributed by atoms with Crippen LogP contribution in [0, 0.1) is 18.7 Å². The average molecular weight is 399 g/mol. The van der Waals surface area contributed by atoms with Crippen molar-refractivity contribution >= 4 is 34.3 Å². The van der Waals surface area contributed by atoms with Crippen molar-refractivity contribution in [3.8, 4) is 0 Å². The lowest BCUT2D eigenvalue weighted by molar-refractivity contribution is -0.113. The first-order valence-corrected chi connectivity index (χ1v) is 10.0. The second-order valence-electron chi connectivity index (χ2n) is 7.02. The molecule has 0 atom stereocenters. The first-order chi connectivity index (χ1) is 13.3. The highest BCUT2D eigenvalue weighted by Crippen LogP contribution is 2.20. The van der Waals surface area contributed by atoms with Gasteiger partial charge in [-0.2, -0.15) is 0 Å². The van der Waals surface area contributed by atoms with Gasteiger partial charge in [-0.25, -0.2) is 9.37 Å². The number of fused-ring (bicyclic) bond motifs is 1. The molecule has 146 valence electrons. The Morgan fingerprint density at radius 1 is 1.25 bits per heavy atom. The summed E-state index contributed by atoms with van der Waals surface area (Å²) in [4.78, 5) is 29.8. The third kappa shape index (κ3) is 4.59.